The molecule has 6 nitrogen and oxygen atoms in total. The maximum Gasteiger partial charge on any atom is 0.238 e. The topological polar surface area (TPSA) is 112 Å². The maximum atomic E-state index is 11.1. The summed E-state index contributed by atoms with van der Waals surface area (Å²) >= 11 is 0. The van der Waals surface area contributed by atoms with Crippen LogP contribution in [0.4, 0.5) is 0 Å². The molecule has 2 rings (SSSR count). The average molecular weight is 241 g/mol. The van der Waals surface area contributed by atoms with Gasteiger partial charge in [-0.3, -0.25) is 0 Å². The van der Waals surface area contributed by atoms with Gasteiger partial charge < -0.3 is 10.2 Å². The first-order valence-electron chi connectivity index (χ1n) is 4.63. The van der Waals surface area contributed by atoms with Crippen molar-refractivity contribution >= 4 is 21.1 Å². The number of hydrogen-bond acceptors (Lipinski definition) is 5. The molecule has 0 spiro atoms. The third-order valence-corrected chi connectivity index (χ3v) is 3.00. The number of rotatable bonds is 3. The highest BCUT2D eigenvalue weighted by Crippen LogP contribution is 2.19. The number of nitrogens with two attached hydrogens (primary N) is 2. The Kier molecular flexibility index (Phi) is 2.66. The fourth-order valence-electron chi connectivity index (χ4n) is 1.36. The monoisotopic (exact) mass is 241 g/mol. The SMILES string of the molecule is NCCc1nc2cc(S(N)(=O)=O)ccc2o1. The van der Waals surface area contributed by atoms with Crippen LogP contribution in [0.3, 0.4) is 0 Å². The van der Waals surface area contributed by atoms with Crippen molar-refractivity contribution in [3.63, 3.8) is 0 Å². The molecule has 0 fully saturated rings. The van der Waals surface area contributed by atoms with E-state index < -0.39 is 10.0 Å². The van der Waals surface area contributed by atoms with Gasteiger partial charge >= 0.3 is 0 Å². The van der Waals surface area contributed by atoms with Crippen molar-refractivity contribution in [1.82, 2.24) is 4.98 Å². The van der Waals surface area contributed by atoms with Crippen molar-refractivity contribution in [2.75, 3.05) is 6.54 Å². The molecule has 7 heteroatoms. The summed E-state index contributed by atoms with van der Waals surface area (Å²) in [5, 5.41) is 5.01. The highest BCUT2D eigenvalue weighted by Gasteiger charge is 2.11. The molecule has 4 N–H and O–H groups in total. The first kappa shape index (κ1) is 11.1. The summed E-state index contributed by atoms with van der Waals surface area (Å²) < 4.78 is 27.6. The smallest absolute Gasteiger partial charge is 0.238 e. The van der Waals surface area contributed by atoms with Gasteiger partial charge in [-0.1, -0.05) is 0 Å². The van der Waals surface area contributed by atoms with Crippen molar-refractivity contribution in [2.45, 2.75) is 11.3 Å². The van der Waals surface area contributed by atoms with Gasteiger partial charge in [0.25, 0.3) is 0 Å². The van der Waals surface area contributed by atoms with E-state index in [0.717, 1.165) is 0 Å². The molecule has 0 radical (unpaired) electrons. The Morgan fingerprint density at radius 1 is 1.38 bits per heavy atom. The second kappa shape index (κ2) is 3.85. The van der Waals surface area contributed by atoms with Crippen LogP contribution >= 0.6 is 0 Å². The van der Waals surface area contributed by atoms with E-state index in [-0.39, 0.29) is 4.90 Å². The fourth-order valence-corrected chi connectivity index (χ4v) is 1.90. The molecule has 0 aliphatic carbocycles. The second-order valence-corrected chi connectivity index (χ2v) is 4.88. The second-order valence-electron chi connectivity index (χ2n) is 3.32. The minimum atomic E-state index is -3.70. The summed E-state index contributed by atoms with van der Waals surface area (Å²) in [5.74, 6) is 0.490. The molecule has 0 aliphatic rings. The fraction of sp³-hybridized carbons (Fsp3) is 0.222. The maximum absolute atomic E-state index is 11.1. The summed E-state index contributed by atoms with van der Waals surface area (Å²) in [6.45, 7) is 0.425. The van der Waals surface area contributed by atoms with Crippen molar-refractivity contribution in [3.05, 3.63) is 24.1 Å². The highest BCUT2D eigenvalue weighted by atomic mass is 32.2. The van der Waals surface area contributed by atoms with E-state index in [4.69, 9.17) is 15.3 Å². The summed E-state index contributed by atoms with van der Waals surface area (Å²) in [7, 11) is -3.70. The minimum Gasteiger partial charge on any atom is -0.441 e. The van der Waals surface area contributed by atoms with Crippen molar-refractivity contribution in [2.24, 2.45) is 10.9 Å². The van der Waals surface area contributed by atoms with Crippen LogP contribution in [0.5, 0.6) is 0 Å². The van der Waals surface area contributed by atoms with Gasteiger partial charge in [-0.05, 0) is 18.2 Å². The van der Waals surface area contributed by atoms with Crippen LogP contribution < -0.4 is 10.9 Å². The third kappa shape index (κ3) is 2.06. The minimum absolute atomic E-state index is 0.0209. The zero-order chi connectivity index (χ0) is 11.8. The zero-order valence-electron chi connectivity index (χ0n) is 8.38. The molecular weight excluding hydrogens is 230 g/mol. The molecule has 0 aliphatic heterocycles. The summed E-state index contributed by atoms with van der Waals surface area (Å²) in [6, 6.07) is 4.30. The molecular formula is C9H11N3O3S. The van der Waals surface area contributed by atoms with Crippen LogP contribution in [0.2, 0.25) is 0 Å². The van der Waals surface area contributed by atoms with Crippen LogP contribution in [-0.2, 0) is 16.4 Å². The number of sulfonamides is 1. The summed E-state index contributed by atoms with van der Waals surface area (Å²) in [5.41, 5.74) is 6.36. The number of aromatic nitrogens is 1. The van der Waals surface area contributed by atoms with Gasteiger partial charge in [-0.2, -0.15) is 0 Å². The average Bonchev–Trinajstić information content (AvgIpc) is 2.57. The molecule has 0 saturated carbocycles. The number of hydrogen-bond donors (Lipinski definition) is 2. The Morgan fingerprint density at radius 3 is 2.75 bits per heavy atom. The van der Waals surface area contributed by atoms with Crippen LogP contribution in [0.15, 0.2) is 27.5 Å². The van der Waals surface area contributed by atoms with Gasteiger partial charge in [0.1, 0.15) is 5.52 Å². The van der Waals surface area contributed by atoms with E-state index in [0.29, 0.717) is 30.0 Å². The van der Waals surface area contributed by atoms with E-state index >= 15 is 0 Å². The lowest BCUT2D eigenvalue weighted by molar-refractivity contribution is 0.531. The largest absolute Gasteiger partial charge is 0.441 e. The molecule has 0 bridgehead atoms. The quantitative estimate of drug-likeness (QED) is 0.784. The lowest BCUT2D eigenvalue weighted by atomic mass is 10.3. The lowest BCUT2D eigenvalue weighted by Gasteiger charge is -1.95. The molecule has 1 aromatic carbocycles. The molecule has 1 heterocycles. The van der Waals surface area contributed by atoms with Crippen LogP contribution in [0.1, 0.15) is 5.89 Å². The summed E-state index contributed by atoms with van der Waals surface area (Å²) in [6.07, 6.45) is 0.513. The lowest BCUT2D eigenvalue weighted by Crippen LogP contribution is -2.11. The Balaban J connectivity index is 2.54. The number of nitrogens with zero attached hydrogens (tertiary/aromatic N) is 1. The Bertz CT molecular complexity index is 618. The van der Waals surface area contributed by atoms with Gasteiger partial charge in [0.05, 0.1) is 4.90 Å². The molecule has 0 amide bonds. The van der Waals surface area contributed by atoms with Crippen molar-refractivity contribution < 1.29 is 12.8 Å². The van der Waals surface area contributed by atoms with Gasteiger partial charge in [-0.25, -0.2) is 18.5 Å². The first-order valence-corrected chi connectivity index (χ1v) is 6.17. The molecule has 16 heavy (non-hydrogen) atoms. The first-order chi connectivity index (χ1) is 7.50. The predicted molar refractivity (Wildman–Crippen MR) is 58.1 cm³/mol. The Morgan fingerprint density at radius 2 is 2.12 bits per heavy atom. The number of primary sulfonamides is 1. The van der Waals surface area contributed by atoms with E-state index in [2.05, 4.69) is 4.98 Å². The summed E-state index contributed by atoms with van der Waals surface area (Å²) in [4.78, 5) is 4.13. The van der Waals surface area contributed by atoms with Gasteiger partial charge in [-0.15, -0.1) is 0 Å². The zero-order valence-corrected chi connectivity index (χ0v) is 9.20. The van der Waals surface area contributed by atoms with E-state index in [1.165, 1.54) is 18.2 Å². The number of fused-ring (bicyclic) bond motifs is 1. The van der Waals surface area contributed by atoms with E-state index in [9.17, 15) is 8.42 Å². The Labute approximate surface area is 92.3 Å². The molecule has 0 atom stereocenters. The third-order valence-electron chi connectivity index (χ3n) is 2.09. The predicted octanol–water partition coefficient (Wildman–Crippen LogP) is -0.0236. The highest BCUT2D eigenvalue weighted by molar-refractivity contribution is 7.89. The van der Waals surface area contributed by atoms with Gasteiger partial charge in [0.15, 0.2) is 11.5 Å². The normalized spacial score (nSPS) is 12.1. The van der Waals surface area contributed by atoms with E-state index in [1.807, 2.05) is 0 Å². The number of benzene rings is 1. The standard InChI is InChI=1S/C9H11N3O3S/c10-4-3-9-12-7-5-6(16(11,13)14)1-2-8(7)15-9/h1-2,5H,3-4,10H2,(H2,11,13,14). The molecule has 0 unspecified atom stereocenters. The molecule has 86 valence electrons. The number of oxazole rings is 1. The van der Waals surface area contributed by atoms with Crippen molar-refractivity contribution in [3.8, 4) is 0 Å². The van der Waals surface area contributed by atoms with Gasteiger partial charge in [0.2, 0.25) is 10.0 Å². The molecule has 2 aromatic rings. The van der Waals surface area contributed by atoms with Crippen LogP contribution in [0, 0.1) is 0 Å². The molecule has 0 saturated heterocycles. The Hall–Kier alpha value is -1.44. The molecule has 1 aromatic heterocycles. The van der Waals surface area contributed by atoms with Crippen LogP contribution in [-0.4, -0.2) is 19.9 Å². The van der Waals surface area contributed by atoms with Gasteiger partial charge in [0, 0.05) is 13.0 Å². The van der Waals surface area contributed by atoms with Crippen molar-refractivity contribution in [1.29, 1.82) is 0 Å². The van der Waals surface area contributed by atoms with E-state index in [1.54, 1.807) is 0 Å². The van der Waals surface area contributed by atoms with Crippen LogP contribution in [0.25, 0.3) is 11.1 Å².